The van der Waals surface area contributed by atoms with E-state index in [9.17, 15) is 9.90 Å². The third-order valence-electron chi connectivity index (χ3n) is 2.87. The second-order valence-corrected chi connectivity index (χ2v) is 5.79. The summed E-state index contributed by atoms with van der Waals surface area (Å²) in [5.41, 5.74) is 0.969. The highest BCUT2D eigenvalue weighted by molar-refractivity contribution is 6.49. The summed E-state index contributed by atoms with van der Waals surface area (Å²) in [7, 11) is 0. The van der Waals surface area contributed by atoms with Crippen LogP contribution in [0.3, 0.4) is 0 Å². The molecule has 1 unspecified atom stereocenters. The van der Waals surface area contributed by atoms with Gasteiger partial charge in [-0.3, -0.25) is 0 Å². The molecule has 0 amide bonds. The van der Waals surface area contributed by atoms with Gasteiger partial charge in [0, 0.05) is 10.6 Å². The lowest BCUT2D eigenvalue weighted by Gasteiger charge is -2.15. The van der Waals surface area contributed by atoms with Crippen LogP contribution < -0.4 is 0 Å². The molecule has 21 heavy (non-hydrogen) atoms. The SMILES string of the molecule is O=C(O)C(O)c1ccc(Cl)cc1-c1ccc(Cl)c(Cl)c1Cl. The van der Waals surface area contributed by atoms with Crippen LogP contribution >= 0.6 is 46.4 Å². The first-order chi connectivity index (χ1) is 9.82. The Kier molecular flexibility index (Phi) is 5.02. The third kappa shape index (κ3) is 3.28. The van der Waals surface area contributed by atoms with Gasteiger partial charge in [-0.2, -0.15) is 0 Å². The van der Waals surface area contributed by atoms with Gasteiger partial charge in [0.05, 0.1) is 15.1 Å². The predicted octanol–water partition coefficient (Wildman–Crippen LogP) is 5.09. The van der Waals surface area contributed by atoms with Gasteiger partial charge in [-0.25, -0.2) is 4.79 Å². The highest BCUT2D eigenvalue weighted by atomic mass is 35.5. The number of carboxylic acids is 1. The van der Waals surface area contributed by atoms with Crippen LogP contribution in [0.2, 0.25) is 20.1 Å². The number of rotatable bonds is 3. The zero-order valence-corrected chi connectivity index (χ0v) is 13.3. The maximum atomic E-state index is 11.0. The average molecular weight is 366 g/mol. The number of carboxylic acid groups (broad SMARTS) is 1. The molecule has 0 fully saturated rings. The van der Waals surface area contributed by atoms with Crippen LogP contribution in [-0.2, 0) is 4.79 Å². The summed E-state index contributed by atoms with van der Waals surface area (Å²) in [5.74, 6) is -1.38. The Bertz CT molecular complexity index is 716. The van der Waals surface area contributed by atoms with E-state index in [1.54, 1.807) is 6.07 Å². The fourth-order valence-corrected chi connectivity index (χ4v) is 2.68. The maximum Gasteiger partial charge on any atom is 0.337 e. The number of benzene rings is 2. The molecule has 0 heterocycles. The molecule has 0 aromatic heterocycles. The summed E-state index contributed by atoms with van der Waals surface area (Å²) in [6.07, 6.45) is -1.71. The van der Waals surface area contributed by atoms with Crippen molar-refractivity contribution in [3.63, 3.8) is 0 Å². The van der Waals surface area contributed by atoms with Crippen LogP contribution in [0, 0.1) is 0 Å². The molecule has 2 aromatic carbocycles. The van der Waals surface area contributed by atoms with Crippen molar-refractivity contribution in [3.8, 4) is 11.1 Å². The van der Waals surface area contributed by atoms with Crippen LogP contribution in [0.15, 0.2) is 30.3 Å². The Labute approximate surface area is 140 Å². The molecule has 2 N–H and O–H groups in total. The molecule has 0 aliphatic carbocycles. The topological polar surface area (TPSA) is 57.5 Å². The molecule has 1 atom stereocenters. The van der Waals surface area contributed by atoms with E-state index in [0.717, 1.165) is 0 Å². The molecule has 2 rings (SSSR count). The predicted molar refractivity (Wildman–Crippen MR) is 84.5 cm³/mol. The zero-order valence-electron chi connectivity index (χ0n) is 10.3. The Balaban J connectivity index is 2.71. The number of hydrogen-bond acceptors (Lipinski definition) is 2. The van der Waals surface area contributed by atoms with Crippen molar-refractivity contribution in [2.75, 3.05) is 0 Å². The van der Waals surface area contributed by atoms with Crippen LogP contribution in [0.4, 0.5) is 0 Å². The number of halogens is 4. The third-order valence-corrected chi connectivity index (χ3v) is 4.40. The molecule has 0 bridgehead atoms. The molecule has 0 spiro atoms. The Morgan fingerprint density at radius 2 is 1.62 bits per heavy atom. The van der Waals surface area contributed by atoms with E-state index in [1.807, 2.05) is 0 Å². The van der Waals surface area contributed by atoms with Crippen molar-refractivity contribution in [1.82, 2.24) is 0 Å². The van der Waals surface area contributed by atoms with E-state index < -0.39 is 12.1 Å². The fourth-order valence-electron chi connectivity index (χ4n) is 1.87. The number of aliphatic carboxylic acids is 1. The van der Waals surface area contributed by atoms with E-state index in [2.05, 4.69) is 0 Å². The summed E-state index contributed by atoms with van der Waals surface area (Å²) in [6.45, 7) is 0. The van der Waals surface area contributed by atoms with E-state index in [4.69, 9.17) is 51.5 Å². The molecule has 0 saturated heterocycles. The number of carbonyl (C=O) groups is 1. The smallest absolute Gasteiger partial charge is 0.337 e. The molecule has 0 aliphatic heterocycles. The van der Waals surface area contributed by atoms with Gasteiger partial charge in [-0.05, 0) is 29.3 Å². The molecule has 0 saturated carbocycles. The van der Waals surface area contributed by atoms with E-state index in [1.165, 1.54) is 24.3 Å². The summed E-state index contributed by atoms with van der Waals surface area (Å²) in [6, 6.07) is 7.53. The van der Waals surface area contributed by atoms with Gasteiger partial charge < -0.3 is 10.2 Å². The van der Waals surface area contributed by atoms with Crippen LogP contribution in [0.25, 0.3) is 11.1 Å². The normalized spacial score (nSPS) is 12.2. The van der Waals surface area contributed by atoms with Crippen molar-refractivity contribution in [2.45, 2.75) is 6.10 Å². The average Bonchev–Trinajstić information content (AvgIpc) is 2.44. The standard InChI is InChI=1S/C14H8Cl4O3/c15-6-1-2-8(13(19)14(20)21)9(5-6)7-3-4-10(16)12(18)11(7)17/h1-5,13,19H,(H,20,21). The largest absolute Gasteiger partial charge is 0.479 e. The van der Waals surface area contributed by atoms with Gasteiger partial charge in [0.2, 0.25) is 0 Å². The highest BCUT2D eigenvalue weighted by Gasteiger charge is 2.22. The molecule has 110 valence electrons. The van der Waals surface area contributed by atoms with Gasteiger partial charge in [0.25, 0.3) is 0 Å². The first-order valence-electron chi connectivity index (χ1n) is 5.67. The molecular weight excluding hydrogens is 358 g/mol. The molecule has 0 aliphatic rings. The maximum absolute atomic E-state index is 11.0. The lowest BCUT2D eigenvalue weighted by atomic mass is 9.96. The highest BCUT2D eigenvalue weighted by Crippen LogP contribution is 2.41. The summed E-state index contributed by atoms with van der Waals surface area (Å²) < 4.78 is 0. The van der Waals surface area contributed by atoms with E-state index >= 15 is 0 Å². The van der Waals surface area contributed by atoms with Crippen LogP contribution in [0.1, 0.15) is 11.7 Å². The lowest BCUT2D eigenvalue weighted by molar-refractivity contribution is -0.146. The molecular formula is C14H8Cl4O3. The monoisotopic (exact) mass is 364 g/mol. The fraction of sp³-hybridized carbons (Fsp3) is 0.0714. The molecule has 2 aromatic rings. The van der Waals surface area contributed by atoms with Gasteiger partial charge in [-0.1, -0.05) is 58.5 Å². The number of aliphatic hydroxyl groups excluding tert-OH is 1. The Morgan fingerprint density at radius 1 is 0.952 bits per heavy atom. The zero-order chi connectivity index (χ0) is 15.7. The summed E-state index contributed by atoms with van der Waals surface area (Å²) in [4.78, 5) is 11.0. The second kappa shape index (κ2) is 6.42. The Morgan fingerprint density at radius 3 is 2.24 bits per heavy atom. The van der Waals surface area contributed by atoms with Gasteiger partial charge in [0.1, 0.15) is 0 Å². The van der Waals surface area contributed by atoms with Crippen LogP contribution in [-0.4, -0.2) is 16.2 Å². The van der Waals surface area contributed by atoms with E-state index in [0.29, 0.717) is 16.1 Å². The van der Waals surface area contributed by atoms with Crippen molar-refractivity contribution in [3.05, 3.63) is 56.0 Å². The Hall–Kier alpha value is -0.970. The van der Waals surface area contributed by atoms with Gasteiger partial charge in [-0.15, -0.1) is 0 Å². The second-order valence-electron chi connectivity index (χ2n) is 4.20. The van der Waals surface area contributed by atoms with Crippen molar-refractivity contribution < 1.29 is 15.0 Å². The number of hydrogen-bond donors (Lipinski definition) is 2. The van der Waals surface area contributed by atoms with Crippen LogP contribution in [0.5, 0.6) is 0 Å². The summed E-state index contributed by atoms with van der Waals surface area (Å²) >= 11 is 24.0. The molecule has 3 nitrogen and oxygen atoms in total. The van der Waals surface area contributed by atoms with Gasteiger partial charge >= 0.3 is 5.97 Å². The lowest BCUT2D eigenvalue weighted by Crippen LogP contribution is -2.11. The number of aliphatic hydroxyl groups is 1. The van der Waals surface area contributed by atoms with E-state index in [-0.39, 0.29) is 20.6 Å². The first-order valence-corrected chi connectivity index (χ1v) is 7.18. The van der Waals surface area contributed by atoms with Crippen molar-refractivity contribution >= 4 is 52.4 Å². The van der Waals surface area contributed by atoms with Crippen molar-refractivity contribution in [1.29, 1.82) is 0 Å². The molecule has 0 radical (unpaired) electrons. The van der Waals surface area contributed by atoms with Gasteiger partial charge in [0.15, 0.2) is 6.10 Å². The minimum absolute atomic E-state index is 0.145. The minimum atomic E-state index is -1.71. The molecule has 7 heteroatoms. The minimum Gasteiger partial charge on any atom is -0.479 e. The quantitative estimate of drug-likeness (QED) is 0.745. The summed E-state index contributed by atoms with van der Waals surface area (Å²) in [5, 5.41) is 19.7. The van der Waals surface area contributed by atoms with Crippen molar-refractivity contribution in [2.24, 2.45) is 0 Å². The first kappa shape index (κ1) is 16.4.